The van der Waals surface area contributed by atoms with Crippen molar-refractivity contribution >= 4 is 28.8 Å². The molecule has 1 fully saturated rings. The second-order valence-electron chi connectivity index (χ2n) is 8.70. The first-order valence-electron chi connectivity index (χ1n) is 11.2. The van der Waals surface area contributed by atoms with Crippen LogP contribution in [0.2, 0.25) is 0 Å². The van der Waals surface area contributed by atoms with E-state index in [9.17, 15) is 9.59 Å². The lowest BCUT2D eigenvalue weighted by molar-refractivity contribution is 0.0537. The molecule has 1 aromatic carbocycles. The lowest BCUT2D eigenvalue weighted by Crippen LogP contribution is -2.41. The maximum absolute atomic E-state index is 13.1. The summed E-state index contributed by atoms with van der Waals surface area (Å²) >= 11 is 0. The van der Waals surface area contributed by atoms with Crippen molar-refractivity contribution in [3.63, 3.8) is 0 Å². The summed E-state index contributed by atoms with van der Waals surface area (Å²) in [5, 5.41) is 10.8. The molecule has 2 atom stereocenters. The van der Waals surface area contributed by atoms with Gasteiger partial charge in [0.25, 0.3) is 11.8 Å². The summed E-state index contributed by atoms with van der Waals surface area (Å²) in [5.41, 5.74) is 6.53. The molecule has 4 rings (SSSR count). The summed E-state index contributed by atoms with van der Waals surface area (Å²) < 4.78 is 1.67. The monoisotopic (exact) mass is 450 g/mol. The fraction of sp³-hybridized carbons (Fsp3) is 0.417. The molecule has 1 saturated carbocycles. The Morgan fingerprint density at radius 3 is 2.70 bits per heavy atom. The Morgan fingerprint density at radius 2 is 1.94 bits per heavy atom. The summed E-state index contributed by atoms with van der Waals surface area (Å²) in [7, 11) is 1.39. The molecule has 0 spiro atoms. The van der Waals surface area contributed by atoms with Crippen LogP contribution in [0, 0.1) is 19.8 Å². The van der Waals surface area contributed by atoms with Gasteiger partial charge >= 0.3 is 0 Å². The van der Waals surface area contributed by atoms with Crippen molar-refractivity contribution in [3.8, 4) is 0 Å². The fourth-order valence-electron chi connectivity index (χ4n) is 4.43. The summed E-state index contributed by atoms with van der Waals surface area (Å²) in [4.78, 5) is 34.4. The van der Waals surface area contributed by atoms with E-state index in [1.54, 1.807) is 22.8 Å². The highest BCUT2D eigenvalue weighted by Gasteiger charge is 2.25. The predicted molar refractivity (Wildman–Crippen MR) is 126 cm³/mol. The summed E-state index contributed by atoms with van der Waals surface area (Å²) in [6.07, 6.45) is 7.71. The molecule has 3 N–H and O–H groups in total. The van der Waals surface area contributed by atoms with E-state index in [1.807, 2.05) is 19.9 Å². The topological polar surface area (TPSA) is 110 Å². The van der Waals surface area contributed by atoms with Crippen LogP contribution >= 0.6 is 0 Å². The molecule has 1 aliphatic carbocycles. The molecule has 2 unspecified atom stereocenters. The smallest absolute Gasteiger partial charge is 0.274 e. The zero-order valence-corrected chi connectivity index (χ0v) is 19.4. The Balaban J connectivity index is 1.64. The van der Waals surface area contributed by atoms with Crippen LogP contribution in [0.1, 0.15) is 64.4 Å². The van der Waals surface area contributed by atoms with E-state index in [1.165, 1.54) is 19.9 Å². The van der Waals surface area contributed by atoms with Crippen LogP contribution in [0.4, 0.5) is 11.5 Å². The Labute approximate surface area is 192 Å². The summed E-state index contributed by atoms with van der Waals surface area (Å²) in [6, 6.07) is 5.50. The first-order chi connectivity index (χ1) is 15.9. The highest BCUT2D eigenvalue weighted by molar-refractivity contribution is 5.99. The predicted octanol–water partition coefficient (Wildman–Crippen LogP) is 3.69. The Morgan fingerprint density at radius 1 is 1.15 bits per heavy atom. The Hall–Kier alpha value is -3.46. The van der Waals surface area contributed by atoms with E-state index in [2.05, 4.69) is 33.1 Å². The van der Waals surface area contributed by atoms with Gasteiger partial charge in [-0.1, -0.05) is 25.8 Å². The molecule has 0 radical (unpaired) electrons. The fourth-order valence-corrected chi connectivity index (χ4v) is 4.43. The molecule has 9 nitrogen and oxygen atoms in total. The number of carbonyl (C=O) groups is 2. The first kappa shape index (κ1) is 22.7. The number of carbonyl (C=O) groups excluding carboxylic acids is 2. The van der Waals surface area contributed by atoms with Gasteiger partial charge in [-0.25, -0.2) is 15.0 Å². The van der Waals surface area contributed by atoms with Crippen LogP contribution in [-0.4, -0.2) is 39.6 Å². The van der Waals surface area contributed by atoms with Gasteiger partial charge in [0.15, 0.2) is 5.82 Å². The number of fused-ring (bicyclic) bond motifs is 1. The zero-order chi connectivity index (χ0) is 23.5. The quantitative estimate of drug-likeness (QED) is 0.494. The zero-order valence-electron chi connectivity index (χ0n) is 19.4. The first-order valence-corrected chi connectivity index (χ1v) is 11.2. The van der Waals surface area contributed by atoms with E-state index < -0.39 is 0 Å². The number of benzene rings is 1. The molecule has 3 aromatic rings. The third-order valence-electron chi connectivity index (χ3n) is 6.45. The van der Waals surface area contributed by atoms with E-state index in [0.717, 1.165) is 36.1 Å². The van der Waals surface area contributed by atoms with Crippen molar-refractivity contribution in [3.05, 3.63) is 53.0 Å². The highest BCUT2D eigenvalue weighted by atomic mass is 16.6. The molecule has 2 amide bonds. The second-order valence-corrected chi connectivity index (χ2v) is 8.70. The number of anilines is 2. The number of aryl methyl sites for hydroxylation is 2. The number of amides is 2. The third kappa shape index (κ3) is 4.68. The number of hydrogen-bond donors (Lipinski definition) is 3. The SMILES string of the molecule is CONC(=O)c1ccc(C)c(Nc2ncnn3cc(C(=O)NC4CCCCC4C)c(C)c23)c1. The number of hydroxylamine groups is 1. The van der Waals surface area contributed by atoms with Gasteiger partial charge in [-0.05, 0) is 55.9 Å². The van der Waals surface area contributed by atoms with Crippen LogP contribution in [0.3, 0.4) is 0 Å². The molecule has 0 bridgehead atoms. The van der Waals surface area contributed by atoms with Crippen molar-refractivity contribution < 1.29 is 14.4 Å². The van der Waals surface area contributed by atoms with Gasteiger partial charge in [0.2, 0.25) is 0 Å². The van der Waals surface area contributed by atoms with Crippen molar-refractivity contribution in [1.29, 1.82) is 0 Å². The lowest BCUT2D eigenvalue weighted by atomic mass is 9.86. The van der Waals surface area contributed by atoms with Gasteiger partial charge < -0.3 is 10.6 Å². The van der Waals surface area contributed by atoms with E-state index in [4.69, 9.17) is 4.84 Å². The maximum atomic E-state index is 13.1. The van der Waals surface area contributed by atoms with E-state index >= 15 is 0 Å². The second kappa shape index (κ2) is 9.58. The molecule has 1 aliphatic rings. The summed E-state index contributed by atoms with van der Waals surface area (Å²) in [5.74, 6) is 0.600. The third-order valence-corrected chi connectivity index (χ3v) is 6.45. The molecule has 0 aliphatic heterocycles. The number of nitrogens with one attached hydrogen (secondary N) is 3. The van der Waals surface area contributed by atoms with Gasteiger partial charge in [0.1, 0.15) is 11.8 Å². The minimum absolute atomic E-state index is 0.0860. The minimum Gasteiger partial charge on any atom is -0.349 e. The molecule has 2 aromatic heterocycles. The van der Waals surface area contributed by atoms with Crippen molar-refractivity contribution in [1.82, 2.24) is 25.4 Å². The number of nitrogens with zero attached hydrogens (tertiary/aromatic N) is 3. The molecule has 0 saturated heterocycles. The van der Waals surface area contributed by atoms with Crippen molar-refractivity contribution in [2.75, 3.05) is 12.4 Å². The molecule has 9 heteroatoms. The largest absolute Gasteiger partial charge is 0.349 e. The Kier molecular flexibility index (Phi) is 6.60. The van der Waals surface area contributed by atoms with Gasteiger partial charge in [-0.3, -0.25) is 14.4 Å². The standard InChI is InChI=1S/C24H30N6O3/c1-14-7-5-6-8-19(14)28-24(32)18-12-30-21(16(18)3)22(25-13-26-30)27-20-11-17(10-9-15(20)2)23(31)29-33-4/h9-14,19H,5-8H2,1-4H3,(H,28,32)(H,29,31)(H,25,26,27). The van der Waals surface area contributed by atoms with E-state index in [-0.39, 0.29) is 17.9 Å². The van der Waals surface area contributed by atoms with Crippen LogP contribution in [0.5, 0.6) is 0 Å². The van der Waals surface area contributed by atoms with Crippen molar-refractivity contribution in [2.24, 2.45) is 5.92 Å². The molecule has 2 heterocycles. The van der Waals surface area contributed by atoms with Gasteiger partial charge in [0, 0.05) is 23.5 Å². The average Bonchev–Trinajstić information content (AvgIpc) is 3.14. The Bertz CT molecular complexity index is 1190. The van der Waals surface area contributed by atoms with Crippen LogP contribution in [-0.2, 0) is 4.84 Å². The van der Waals surface area contributed by atoms with Crippen LogP contribution in [0.15, 0.2) is 30.7 Å². The van der Waals surface area contributed by atoms with Crippen LogP contribution in [0.25, 0.3) is 5.52 Å². The van der Waals surface area contributed by atoms with Gasteiger partial charge in [-0.2, -0.15) is 5.10 Å². The molecule has 174 valence electrons. The summed E-state index contributed by atoms with van der Waals surface area (Å²) in [6.45, 7) is 6.04. The van der Waals surface area contributed by atoms with Gasteiger partial charge in [0.05, 0.1) is 12.7 Å². The average molecular weight is 451 g/mol. The highest BCUT2D eigenvalue weighted by Crippen LogP contribution is 2.28. The number of rotatable bonds is 6. The van der Waals surface area contributed by atoms with Crippen molar-refractivity contribution in [2.45, 2.75) is 52.5 Å². The lowest BCUT2D eigenvalue weighted by Gasteiger charge is -2.29. The molecular weight excluding hydrogens is 420 g/mol. The van der Waals surface area contributed by atoms with Crippen LogP contribution < -0.4 is 16.1 Å². The van der Waals surface area contributed by atoms with Gasteiger partial charge in [-0.15, -0.1) is 0 Å². The maximum Gasteiger partial charge on any atom is 0.274 e. The van der Waals surface area contributed by atoms with E-state index in [0.29, 0.717) is 28.4 Å². The minimum atomic E-state index is -0.344. The number of hydrogen-bond acceptors (Lipinski definition) is 6. The molecule has 33 heavy (non-hydrogen) atoms. The normalized spacial score (nSPS) is 18.2. The molecular formula is C24H30N6O3. The number of aromatic nitrogens is 3.